The van der Waals surface area contributed by atoms with Crippen LogP contribution in [0.2, 0.25) is 5.02 Å². The van der Waals surface area contributed by atoms with Crippen LogP contribution in [0.3, 0.4) is 0 Å². The van der Waals surface area contributed by atoms with Gasteiger partial charge in [-0.1, -0.05) is 30.1 Å². The second-order valence-electron chi connectivity index (χ2n) is 5.58. The van der Waals surface area contributed by atoms with Crippen molar-refractivity contribution in [2.24, 2.45) is 0 Å². The standard InChI is InChI=1S/C18H18ClN3O3/c1-3-4-12-8-13(25-22-12)9-21-18(23)15-10-20-16-7-11(19)5-6-14(16)17(15)24-2/h5-8,10H,3-4,9H2,1-2H3,(H,21,23). The largest absolute Gasteiger partial charge is 0.495 e. The van der Waals surface area contributed by atoms with E-state index in [9.17, 15) is 4.79 Å². The van der Waals surface area contributed by atoms with Crippen LogP contribution in [0.1, 0.15) is 35.2 Å². The van der Waals surface area contributed by atoms with E-state index in [-0.39, 0.29) is 12.5 Å². The summed E-state index contributed by atoms with van der Waals surface area (Å²) in [5.41, 5.74) is 1.90. The van der Waals surface area contributed by atoms with Gasteiger partial charge in [-0.15, -0.1) is 0 Å². The number of aromatic nitrogens is 2. The van der Waals surface area contributed by atoms with E-state index in [0.717, 1.165) is 23.9 Å². The molecule has 0 atom stereocenters. The van der Waals surface area contributed by atoms with E-state index in [0.29, 0.717) is 27.6 Å². The Kier molecular flexibility index (Phi) is 5.19. The summed E-state index contributed by atoms with van der Waals surface area (Å²) in [4.78, 5) is 16.8. The SMILES string of the molecule is CCCc1cc(CNC(=O)c2cnc3cc(Cl)ccc3c2OC)on1. The number of fused-ring (bicyclic) bond motifs is 1. The van der Waals surface area contributed by atoms with Crippen LogP contribution < -0.4 is 10.1 Å². The van der Waals surface area contributed by atoms with Crippen molar-refractivity contribution < 1.29 is 14.1 Å². The van der Waals surface area contributed by atoms with E-state index in [1.165, 1.54) is 13.3 Å². The molecule has 2 aromatic heterocycles. The van der Waals surface area contributed by atoms with Crippen LogP contribution in [0.5, 0.6) is 5.75 Å². The van der Waals surface area contributed by atoms with Crippen LogP contribution in [-0.4, -0.2) is 23.2 Å². The van der Waals surface area contributed by atoms with Crippen molar-refractivity contribution in [3.63, 3.8) is 0 Å². The maximum Gasteiger partial charge on any atom is 0.257 e. The van der Waals surface area contributed by atoms with Crippen LogP contribution in [0, 0.1) is 0 Å². The number of pyridine rings is 1. The predicted molar refractivity (Wildman–Crippen MR) is 95.0 cm³/mol. The van der Waals surface area contributed by atoms with E-state index in [1.54, 1.807) is 18.2 Å². The first-order valence-electron chi connectivity index (χ1n) is 7.97. The van der Waals surface area contributed by atoms with E-state index in [1.807, 2.05) is 6.07 Å². The van der Waals surface area contributed by atoms with Crippen molar-refractivity contribution in [2.75, 3.05) is 7.11 Å². The van der Waals surface area contributed by atoms with E-state index in [2.05, 4.69) is 22.4 Å². The lowest BCUT2D eigenvalue weighted by molar-refractivity contribution is 0.0944. The fraction of sp³-hybridized carbons (Fsp3) is 0.278. The number of amides is 1. The molecule has 25 heavy (non-hydrogen) atoms. The van der Waals surface area contributed by atoms with Gasteiger partial charge in [0.15, 0.2) is 5.76 Å². The molecule has 130 valence electrons. The lowest BCUT2D eigenvalue weighted by atomic mass is 10.1. The van der Waals surface area contributed by atoms with Gasteiger partial charge < -0.3 is 14.6 Å². The number of nitrogens with zero attached hydrogens (tertiary/aromatic N) is 2. The Morgan fingerprint density at radius 1 is 1.36 bits per heavy atom. The monoisotopic (exact) mass is 359 g/mol. The second-order valence-corrected chi connectivity index (χ2v) is 6.02. The Bertz CT molecular complexity index is 908. The predicted octanol–water partition coefficient (Wildman–Crippen LogP) is 3.77. The van der Waals surface area contributed by atoms with Crippen molar-refractivity contribution >= 4 is 28.4 Å². The van der Waals surface area contributed by atoms with Gasteiger partial charge in [-0.05, 0) is 24.6 Å². The smallest absolute Gasteiger partial charge is 0.257 e. The normalized spacial score (nSPS) is 10.8. The van der Waals surface area contributed by atoms with E-state index >= 15 is 0 Å². The molecular weight excluding hydrogens is 342 g/mol. The molecule has 0 spiro atoms. The number of aryl methyl sites for hydroxylation is 1. The highest BCUT2D eigenvalue weighted by Crippen LogP contribution is 2.29. The molecule has 0 unspecified atom stereocenters. The minimum atomic E-state index is -0.297. The Morgan fingerprint density at radius 2 is 2.20 bits per heavy atom. The molecule has 1 amide bonds. The summed E-state index contributed by atoms with van der Waals surface area (Å²) in [6.07, 6.45) is 3.32. The molecule has 0 bridgehead atoms. The first-order valence-corrected chi connectivity index (χ1v) is 8.35. The van der Waals surface area contributed by atoms with Crippen molar-refractivity contribution in [3.8, 4) is 5.75 Å². The van der Waals surface area contributed by atoms with Crippen LogP contribution in [0.25, 0.3) is 10.9 Å². The highest BCUT2D eigenvalue weighted by molar-refractivity contribution is 6.31. The summed E-state index contributed by atoms with van der Waals surface area (Å²) in [6.45, 7) is 2.32. The number of rotatable bonds is 6. The molecule has 2 heterocycles. The van der Waals surface area contributed by atoms with Gasteiger partial charge in [0.25, 0.3) is 5.91 Å². The maximum atomic E-state index is 12.5. The molecule has 7 heteroatoms. The van der Waals surface area contributed by atoms with Crippen molar-refractivity contribution in [3.05, 3.63) is 52.5 Å². The topological polar surface area (TPSA) is 77.2 Å². The number of nitrogens with one attached hydrogen (secondary N) is 1. The molecule has 0 fully saturated rings. The summed E-state index contributed by atoms with van der Waals surface area (Å²) in [5.74, 6) is 0.773. The van der Waals surface area contributed by atoms with Crippen LogP contribution >= 0.6 is 11.6 Å². The minimum Gasteiger partial charge on any atom is -0.495 e. The fourth-order valence-electron chi connectivity index (χ4n) is 2.60. The summed E-state index contributed by atoms with van der Waals surface area (Å²) in [7, 11) is 1.52. The van der Waals surface area contributed by atoms with Crippen LogP contribution in [-0.2, 0) is 13.0 Å². The number of hydrogen-bond donors (Lipinski definition) is 1. The molecule has 0 radical (unpaired) electrons. The summed E-state index contributed by atoms with van der Waals surface area (Å²) in [5, 5.41) is 8.07. The average molecular weight is 360 g/mol. The zero-order chi connectivity index (χ0) is 17.8. The maximum absolute atomic E-state index is 12.5. The third-order valence-electron chi connectivity index (χ3n) is 3.77. The molecule has 1 N–H and O–H groups in total. The van der Waals surface area contributed by atoms with Gasteiger partial charge in [0.05, 0.1) is 24.9 Å². The molecule has 6 nitrogen and oxygen atoms in total. The Morgan fingerprint density at radius 3 is 2.96 bits per heavy atom. The summed E-state index contributed by atoms with van der Waals surface area (Å²) >= 11 is 5.98. The molecular formula is C18H18ClN3O3. The van der Waals surface area contributed by atoms with Gasteiger partial charge in [-0.3, -0.25) is 9.78 Å². The molecule has 0 aliphatic rings. The summed E-state index contributed by atoms with van der Waals surface area (Å²) in [6, 6.07) is 7.10. The zero-order valence-corrected chi connectivity index (χ0v) is 14.8. The fourth-order valence-corrected chi connectivity index (χ4v) is 2.77. The zero-order valence-electron chi connectivity index (χ0n) is 14.0. The first kappa shape index (κ1) is 17.2. The third kappa shape index (κ3) is 3.74. The average Bonchev–Trinajstić information content (AvgIpc) is 3.06. The molecule has 0 saturated carbocycles. The Labute approximate surface area is 150 Å². The lowest BCUT2D eigenvalue weighted by Crippen LogP contribution is -2.23. The number of carbonyl (C=O) groups is 1. The third-order valence-corrected chi connectivity index (χ3v) is 4.00. The number of carbonyl (C=O) groups excluding carboxylic acids is 1. The van der Waals surface area contributed by atoms with Gasteiger partial charge in [0.2, 0.25) is 0 Å². The highest BCUT2D eigenvalue weighted by atomic mass is 35.5. The van der Waals surface area contributed by atoms with Crippen molar-refractivity contribution in [1.82, 2.24) is 15.5 Å². The van der Waals surface area contributed by atoms with Crippen LogP contribution in [0.15, 0.2) is 35.0 Å². The van der Waals surface area contributed by atoms with E-state index < -0.39 is 0 Å². The van der Waals surface area contributed by atoms with Crippen molar-refractivity contribution in [1.29, 1.82) is 0 Å². The van der Waals surface area contributed by atoms with Gasteiger partial charge >= 0.3 is 0 Å². The number of hydrogen-bond acceptors (Lipinski definition) is 5. The molecule has 0 saturated heterocycles. The number of benzene rings is 1. The number of methoxy groups -OCH3 is 1. The van der Waals surface area contributed by atoms with Gasteiger partial charge in [0, 0.05) is 22.7 Å². The first-order chi connectivity index (χ1) is 12.1. The highest BCUT2D eigenvalue weighted by Gasteiger charge is 2.17. The molecule has 0 aliphatic carbocycles. The quantitative estimate of drug-likeness (QED) is 0.725. The summed E-state index contributed by atoms with van der Waals surface area (Å²) < 4.78 is 10.6. The van der Waals surface area contributed by atoms with Gasteiger partial charge in [-0.25, -0.2) is 0 Å². The van der Waals surface area contributed by atoms with Crippen molar-refractivity contribution in [2.45, 2.75) is 26.3 Å². The second kappa shape index (κ2) is 7.53. The molecule has 3 aromatic rings. The number of halogens is 1. The Hall–Kier alpha value is -2.60. The lowest BCUT2D eigenvalue weighted by Gasteiger charge is -2.11. The number of ether oxygens (including phenoxy) is 1. The minimum absolute atomic E-state index is 0.247. The van der Waals surface area contributed by atoms with E-state index in [4.69, 9.17) is 20.9 Å². The molecule has 1 aromatic carbocycles. The molecule has 3 rings (SSSR count). The molecule has 0 aliphatic heterocycles. The Balaban J connectivity index is 1.80. The van der Waals surface area contributed by atoms with Gasteiger partial charge in [0.1, 0.15) is 11.3 Å². The van der Waals surface area contributed by atoms with Gasteiger partial charge in [-0.2, -0.15) is 0 Å². The van der Waals surface area contributed by atoms with Crippen LogP contribution in [0.4, 0.5) is 0 Å².